The second kappa shape index (κ2) is 18.1. The zero-order valence-corrected chi connectivity index (χ0v) is 24.7. The summed E-state index contributed by atoms with van der Waals surface area (Å²) in [6.45, 7) is -0.493. The molecule has 0 spiro atoms. The summed E-state index contributed by atoms with van der Waals surface area (Å²) in [5.41, 5.74) is 11.8. The van der Waals surface area contributed by atoms with Gasteiger partial charge in [0.25, 0.3) is 0 Å². The van der Waals surface area contributed by atoms with Gasteiger partial charge in [-0.15, -0.1) is 0 Å². The lowest BCUT2D eigenvalue weighted by Crippen LogP contribution is -2.59. The summed E-state index contributed by atoms with van der Waals surface area (Å²) in [5.74, 6) is -5.78. The van der Waals surface area contributed by atoms with Gasteiger partial charge >= 0.3 is 11.9 Å². The summed E-state index contributed by atoms with van der Waals surface area (Å²) in [4.78, 5) is 76.4. The summed E-state index contributed by atoms with van der Waals surface area (Å²) in [7, 11) is 0. The van der Waals surface area contributed by atoms with Crippen LogP contribution in [-0.4, -0.2) is 112 Å². The zero-order chi connectivity index (χ0) is 33.5. The van der Waals surface area contributed by atoms with E-state index in [1.165, 1.54) is 4.90 Å². The van der Waals surface area contributed by atoms with Gasteiger partial charge in [-0.2, -0.15) is 0 Å². The van der Waals surface area contributed by atoms with Crippen molar-refractivity contribution in [2.45, 2.75) is 75.2 Å². The van der Waals surface area contributed by atoms with Crippen LogP contribution in [0.4, 0.5) is 0 Å². The fraction of sp³-hybridized carbons (Fsp3) is 0.536. The molecule has 0 unspecified atom stereocenters. The molecule has 0 aromatic heterocycles. The maximum atomic E-state index is 13.7. The molecule has 0 aliphatic carbocycles. The molecule has 17 heteroatoms. The smallest absolute Gasteiger partial charge is 0.326 e. The molecule has 1 heterocycles. The molecule has 4 amide bonds. The maximum Gasteiger partial charge on any atom is 0.326 e. The van der Waals surface area contributed by atoms with Crippen LogP contribution in [0.1, 0.15) is 44.1 Å². The summed E-state index contributed by atoms with van der Waals surface area (Å²) in [6, 6.07) is 2.54. The van der Waals surface area contributed by atoms with Crippen LogP contribution >= 0.6 is 0 Å². The van der Waals surface area contributed by atoms with Crippen LogP contribution in [0.3, 0.4) is 0 Å². The second-order valence-corrected chi connectivity index (χ2v) is 10.6. The second-order valence-electron chi connectivity index (χ2n) is 10.6. The molecule has 12 N–H and O–H groups in total. The minimum atomic E-state index is -1.51. The molecule has 17 nitrogen and oxygen atoms in total. The number of hydrogen-bond donors (Lipinski definition) is 10. The first-order valence-electron chi connectivity index (χ1n) is 14.5. The molecule has 1 fully saturated rings. The van der Waals surface area contributed by atoms with E-state index < -0.39 is 72.4 Å². The van der Waals surface area contributed by atoms with Crippen molar-refractivity contribution in [2.24, 2.45) is 11.5 Å². The number of nitrogens with one attached hydrogen (secondary N) is 5. The summed E-state index contributed by atoms with van der Waals surface area (Å²) >= 11 is 0. The number of aliphatic hydroxyl groups is 1. The Balaban J connectivity index is 2.12. The van der Waals surface area contributed by atoms with Crippen molar-refractivity contribution in [1.82, 2.24) is 26.2 Å². The van der Waals surface area contributed by atoms with Crippen LogP contribution in [-0.2, 0) is 35.2 Å². The first kappa shape index (κ1) is 36.4. The van der Waals surface area contributed by atoms with E-state index in [-0.39, 0.29) is 57.6 Å². The highest BCUT2D eigenvalue weighted by molar-refractivity contribution is 5.96. The molecule has 2 rings (SSSR count). The molecule has 0 radical (unpaired) electrons. The number of likely N-dealkylation sites (tertiary alicyclic amines) is 1. The molecule has 1 aromatic carbocycles. The van der Waals surface area contributed by atoms with E-state index in [4.69, 9.17) is 22.0 Å². The molecule has 1 aliphatic heterocycles. The van der Waals surface area contributed by atoms with Crippen LogP contribution in [0.2, 0.25) is 0 Å². The third kappa shape index (κ3) is 12.0. The largest absolute Gasteiger partial charge is 0.481 e. The Labute approximate surface area is 259 Å². The zero-order valence-electron chi connectivity index (χ0n) is 24.7. The van der Waals surface area contributed by atoms with Crippen molar-refractivity contribution in [3.05, 3.63) is 35.9 Å². The maximum absolute atomic E-state index is 13.7. The van der Waals surface area contributed by atoms with Crippen LogP contribution in [0.25, 0.3) is 0 Å². The molecule has 45 heavy (non-hydrogen) atoms. The molecule has 1 aliphatic rings. The number of carboxylic acids is 2. The van der Waals surface area contributed by atoms with Gasteiger partial charge < -0.3 is 53.0 Å². The number of nitrogens with zero attached hydrogens (tertiary/aromatic N) is 1. The van der Waals surface area contributed by atoms with Crippen LogP contribution in [0.5, 0.6) is 0 Å². The summed E-state index contributed by atoms with van der Waals surface area (Å²) in [5, 5.41) is 45.1. The van der Waals surface area contributed by atoms with Crippen molar-refractivity contribution in [3.8, 4) is 0 Å². The molecule has 248 valence electrons. The Bertz CT molecular complexity index is 1220. The highest BCUT2D eigenvalue weighted by atomic mass is 16.4. The average molecular weight is 635 g/mol. The number of rotatable bonds is 18. The predicted molar refractivity (Wildman–Crippen MR) is 159 cm³/mol. The Hall–Kier alpha value is -4.77. The molecule has 1 aromatic rings. The van der Waals surface area contributed by atoms with E-state index in [0.29, 0.717) is 12.0 Å². The number of amides is 4. The fourth-order valence-corrected chi connectivity index (χ4v) is 4.76. The van der Waals surface area contributed by atoms with E-state index >= 15 is 0 Å². The Morgan fingerprint density at radius 1 is 0.956 bits per heavy atom. The first-order chi connectivity index (χ1) is 21.3. The van der Waals surface area contributed by atoms with Gasteiger partial charge in [0.05, 0.1) is 12.6 Å². The van der Waals surface area contributed by atoms with Crippen molar-refractivity contribution in [2.75, 3.05) is 19.7 Å². The number of aliphatic hydroxyl groups excluding tert-OH is 1. The lowest BCUT2D eigenvalue weighted by Gasteiger charge is -2.30. The number of carbonyl (C=O) groups is 6. The first-order valence-corrected chi connectivity index (χ1v) is 14.5. The number of benzene rings is 1. The van der Waals surface area contributed by atoms with Gasteiger partial charge in [-0.25, -0.2) is 4.79 Å². The molecular weight excluding hydrogens is 592 g/mol. The number of guanidine groups is 1. The minimum absolute atomic E-state index is 0.0210. The minimum Gasteiger partial charge on any atom is -0.481 e. The fourth-order valence-electron chi connectivity index (χ4n) is 4.76. The van der Waals surface area contributed by atoms with E-state index in [1.54, 1.807) is 30.3 Å². The van der Waals surface area contributed by atoms with Gasteiger partial charge in [-0.3, -0.25) is 29.4 Å². The number of aliphatic carboxylic acids is 2. The van der Waals surface area contributed by atoms with Crippen LogP contribution in [0, 0.1) is 5.41 Å². The normalized spacial score (nSPS) is 16.8. The van der Waals surface area contributed by atoms with Gasteiger partial charge in [0, 0.05) is 25.9 Å². The number of carbonyl (C=O) groups excluding carboxylic acids is 4. The molecule has 0 bridgehead atoms. The lowest BCUT2D eigenvalue weighted by molar-refractivity contribution is -0.144. The standard InChI is InChI=1S/C28H42N8O9/c29-17(10-11-22(38)39)23(40)34-19(14-16-6-2-1-3-7-16)26(43)36-13-5-9-21(36)25(42)35-20(15-37)24(41)33-18(27(44)45)8-4-12-32-28(30)31/h1-3,6-7,17-21,37H,4-5,8-15,29H2,(H,33,41)(H,34,40)(H,35,42)(H,38,39)(H,44,45)(H4,30,31,32)/t17-,18-,19-,20-,21-/m0/s1. The Morgan fingerprint density at radius 3 is 2.22 bits per heavy atom. The molecular formula is C28H42N8O9. The van der Waals surface area contributed by atoms with E-state index in [1.807, 2.05) is 0 Å². The Kier molecular flexibility index (Phi) is 14.7. The molecule has 5 atom stereocenters. The van der Waals surface area contributed by atoms with E-state index in [2.05, 4.69) is 21.3 Å². The lowest BCUT2D eigenvalue weighted by atomic mass is 10.0. The summed E-state index contributed by atoms with van der Waals surface area (Å²) in [6.07, 6.45) is 0.447. The third-order valence-electron chi connectivity index (χ3n) is 7.16. The SMILES string of the molecule is N=C(N)NCCC[C@H](NC(=O)[C@H](CO)NC(=O)[C@@H]1CCCN1C(=O)[C@H](Cc1ccccc1)NC(=O)[C@@H](N)CCC(=O)O)C(=O)O. The topological polar surface area (TPSA) is 290 Å². The molecule has 0 saturated carbocycles. The van der Waals surface area contributed by atoms with Crippen molar-refractivity contribution >= 4 is 41.5 Å². The Morgan fingerprint density at radius 2 is 1.62 bits per heavy atom. The van der Waals surface area contributed by atoms with Gasteiger partial charge in [0.2, 0.25) is 23.6 Å². The van der Waals surface area contributed by atoms with E-state index in [0.717, 1.165) is 0 Å². The number of hydrogen-bond acceptors (Lipinski definition) is 9. The van der Waals surface area contributed by atoms with Crippen molar-refractivity contribution in [1.29, 1.82) is 5.41 Å². The number of carboxylic acid groups (broad SMARTS) is 2. The molecule has 1 saturated heterocycles. The van der Waals surface area contributed by atoms with Gasteiger partial charge in [-0.1, -0.05) is 30.3 Å². The van der Waals surface area contributed by atoms with Crippen molar-refractivity contribution in [3.63, 3.8) is 0 Å². The van der Waals surface area contributed by atoms with Crippen molar-refractivity contribution < 1.29 is 44.1 Å². The quantitative estimate of drug-likeness (QED) is 0.0445. The van der Waals surface area contributed by atoms with Crippen LogP contribution < -0.4 is 32.7 Å². The highest BCUT2D eigenvalue weighted by Gasteiger charge is 2.39. The van der Waals surface area contributed by atoms with E-state index in [9.17, 15) is 39.0 Å². The van der Waals surface area contributed by atoms with Gasteiger partial charge in [0.15, 0.2) is 5.96 Å². The van der Waals surface area contributed by atoms with Gasteiger partial charge in [-0.05, 0) is 37.7 Å². The summed E-state index contributed by atoms with van der Waals surface area (Å²) < 4.78 is 0. The number of nitrogens with two attached hydrogens (primary N) is 2. The van der Waals surface area contributed by atoms with Crippen LogP contribution in [0.15, 0.2) is 30.3 Å². The predicted octanol–water partition coefficient (Wildman–Crippen LogP) is -2.79. The third-order valence-corrected chi connectivity index (χ3v) is 7.16. The average Bonchev–Trinajstić information content (AvgIpc) is 3.49. The highest BCUT2D eigenvalue weighted by Crippen LogP contribution is 2.20. The monoisotopic (exact) mass is 634 g/mol. The van der Waals surface area contributed by atoms with Gasteiger partial charge in [0.1, 0.15) is 24.2 Å².